The van der Waals surface area contributed by atoms with Crippen molar-refractivity contribution in [3.63, 3.8) is 0 Å². The number of likely N-dealkylation sites (tertiary alicyclic amines) is 1. The van der Waals surface area contributed by atoms with Gasteiger partial charge in [-0.25, -0.2) is 0 Å². The molecule has 1 saturated heterocycles. The van der Waals surface area contributed by atoms with E-state index in [0.29, 0.717) is 23.9 Å². The molecule has 1 amide bonds. The normalized spacial score (nSPS) is 16.6. The molecule has 0 aromatic carbocycles. The fourth-order valence-corrected chi connectivity index (χ4v) is 3.13. The third-order valence-electron chi connectivity index (χ3n) is 4.42. The number of anilines is 1. The van der Waals surface area contributed by atoms with Gasteiger partial charge >= 0.3 is 0 Å². The molecule has 0 aliphatic carbocycles. The SMILES string of the molecule is Cc1cc(NC(=O)CCN2CCC(c3ccnn3C)CC2)no1. The van der Waals surface area contributed by atoms with E-state index in [1.165, 1.54) is 5.69 Å². The summed E-state index contributed by atoms with van der Waals surface area (Å²) in [4.78, 5) is 14.3. The van der Waals surface area contributed by atoms with Gasteiger partial charge in [0, 0.05) is 43.9 Å². The summed E-state index contributed by atoms with van der Waals surface area (Å²) in [5.41, 5.74) is 1.31. The van der Waals surface area contributed by atoms with Gasteiger partial charge in [0.25, 0.3) is 0 Å². The smallest absolute Gasteiger partial charge is 0.226 e. The predicted molar refractivity (Wildman–Crippen MR) is 86.1 cm³/mol. The summed E-state index contributed by atoms with van der Waals surface area (Å²) in [5, 5.41) is 10.8. The molecule has 0 radical (unpaired) electrons. The van der Waals surface area contributed by atoms with Crippen molar-refractivity contribution in [1.29, 1.82) is 0 Å². The molecule has 3 rings (SSSR count). The van der Waals surface area contributed by atoms with E-state index in [1.807, 2.05) is 17.9 Å². The van der Waals surface area contributed by atoms with E-state index >= 15 is 0 Å². The molecule has 1 N–H and O–H groups in total. The molecule has 7 nitrogen and oxygen atoms in total. The Morgan fingerprint density at radius 2 is 2.22 bits per heavy atom. The van der Waals surface area contributed by atoms with Crippen LogP contribution in [0.2, 0.25) is 0 Å². The maximum Gasteiger partial charge on any atom is 0.226 e. The van der Waals surface area contributed by atoms with E-state index < -0.39 is 0 Å². The Morgan fingerprint density at radius 3 is 2.83 bits per heavy atom. The second-order valence-electron chi connectivity index (χ2n) is 6.12. The van der Waals surface area contributed by atoms with Crippen LogP contribution in [-0.4, -0.2) is 45.4 Å². The van der Waals surface area contributed by atoms with Crippen LogP contribution in [0.1, 0.15) is 36.6 Å². The summed E-state index contributed by atoms with van der Waals surface area (Å²) in [6.45, 7) is 4.62. The number of hydrogen-bond donors (Lipinski definition) is 1. The first-order valence-electron chi connectivity index (χ1n) is 8.05. The molecular formula is C16H23N5O2. The number of aryl methyl sites for hydroxylation is 2. The predicted octanol–water partition coefficient (Wildman–Crippen LogP) is 1.92. The molecular weight excluding hydrogens is 294 g/mol. The molecule has 0 spiro atoms. The lowest BCUT2D eigenvalue weighted by molar-refractivity contribution is -0.116. The van der Waals surface area contributed by atoms with E-state index in [0.717, 1.165) is 32.5 Å². The van der Waals surface area contributed by atoms with Crippen LogP contribution in [0, 0.1) is 6.92 Å². The molecule has 7 heteroatoms. The number of nitrogens with one attached hydrogen (secondary N) is 1. The highest BCUT2D eigenvalue weighted by Crippen LogP contribution is 2.27. The third-order valence-corrected chi connectivity index (χ3v) is 4.42. The molecule has 0 bridgehead atoms. The maximum absolute atomic E-state index is 11.9. The van der Waals surface area contributed by atoms with E-state index in [-0.39, 0.29) is 5.91 Å². The minimum atomic E-state index is -0.0212. The van der Waals surface area contributed by atoms with Crippen LogP contribution in [0.25, 0.3) is 0 Å². The van der Waals surface area contributed by atoms with Gasteiger partial charge in [0.2, 0.25) is 5.91 Å². The Bertz CT molecular complexity index is 655. The van der Waals surface area contributed by atoms with Gasteiger partial charge in [0.05, 0.1) is 0 Å². The lowest BCUT2D eigenvalue weighted by Gasteiger charge is -2.31. The average molecular weight is 317 g/mol. The topological polar surface area (TPSA) is 76.2 Å². The zero-order chi connectivity index (χ0) is 16.2. The molecule has 2 aromatic rings. The molecule has 1 fully saturated rings. The Labute approximate surface area is 135 Å². The average Bonchev–Trinajstić information content (AvgIpc) is 3.14. The van der Waals surface area contributed by atoms with Gasteiger partial charge in [-0.1, -0.05) is 5.16 Å². The number of carbonyl (C=O) groups is 1. The summed E-state index contributed by atoms with van der Waals surface area (Å²) in [6.07, 6.45) is 4.56. The largest absolute Gasteiger partial charge is 0.360 e. The number of hydrogen-bond acceptors (Lipinski definition) is 5. The van der Waals surface area contributed by atoms with Gasteiger partial charge in [-0.3, -0.25) is 9.48 Å². The first-order chi connectivity index (χ1) is 11.1. The van der Waals surface area contributed by atoms with Gasteiger partial charge in [-0.15, -0.1) is 0 Å². The van der Waals surface area contributed by atoms with Crippen LogP contribution >= 0.6 is 0 Å². The van der Waals surface area contributed by atoms with Gasteiger partial charge in [0.1, 0.15) is 5.76 Å². The quantitative estimate of drug-likeness (QED) is 0.912. The van der Waals surface area contributed by atoms with Crippen molar-refractivity contribution in [1.82, 2.24) is 19.8 Å². The lowest BCUT2D eigenvalue weighted by Crippen LogP contribution is -2.35. The highest BCUT2D eigenvalue weighted by atomic mass is 16.5. The van der Waals surface area contributed by atoms with Crippen molar-refractivity contribution >= 4 is 11.7 Å². The number of rotatable bonds is 5. The maximum atomic E-state index is 11.9. The molecule has 0 atom stereocenters. The molecule has 3 heterocycles. The van der Waals surface area contributed by atoms with Gasteiger partial charge in [-0.05, 0) is 38.9 Å². The first kappa shape index (κ1) is 15.7. The van der Waals surface area contributed by atoms with Crippen LogP contribution in [0.5, 0.6) is 0 Å². The highest BCUT2D eigenvalue weighted by molar-refractivity contribution is 5.89. The molecule has 124 valence electrons. The van der Waals surface area contributed by atoms with Crippen molar-refractivity contribution < 1.29 is 9.32 Å². The number of amides is 1. The van der Waals surface area contributed by atoms with Crippen LogP contribution in [0.4, 0.5) is 5.82 Å². The van der Waals surface area contributed by atoms with Crippen LogP contribution < -0.4 is 5.32 Å². The molecule has 1 aliphatic heterocycles. The van der Waals surface area contributed by atoms with Crippen molar-refractivity contribution in [2.24, 2.45) is 7.05 Å². The summed E-state index contributed by atoms with van der Waals surface area (Å²) in [6, 6.07) is 3.82. The van der Waals surface area contributed by atoms with Gasteiger partial charge < -0.3 is 14.7 Å². The molecule has 0 saturated carbocycles. The van der Waals surface area contributed by atoms with Gasteiger partial charge in [-0.2, -0.15) is 5.10 Å². The summed E-state index contributed by atoms with van der Waals surface area (Å²) >= 11 is 0. The summed E-state index contributed by atoms with van der Waals surface area (Å²) < 4.78 is 6.90. The van der Waals surface area contributed by atoms with Crippen LogP contribution in [0.3, 0.4) is 0 Å². The number of nitrogens with zero attached hydrogens (tertiary/aromatic N) is 4. The van der Waals surface area contributed by atoms with Crippen LogP contribution in [-0.2, 0) is 11.8 Å². The van der Waals surface area contributed by atoms with Crippen molar-refractivity contribution in [3.8, 4) is 0 Å². The monoisotopic (exact) mass is 317 g/mol. The number of piperidine rings is 1. The molecule has 0 unspecified atom stereocenters. The summed E-state index contributed by atoms with van der Waals surface area (Å²) in [7, 11) is 2.00. The standard InChI is InChI=1S/C16H23N5O2/c1-12-11-15(19-23-12)18-16(22)6-10-21-8-4-13(5-9-21)14-3-7-17-20(14)2/h3,7,11,13H,4-6,8-10H2,1-2H3,(H,18,19,22). The van der Waals surface area contributed by atoms with Crippen molar-refractivity contribution in [2.75, 3.05) is 25.0 Å². The third kappa shape index (κ3) is 3.98. The summed E-state index contributed by atoms with van der Waals surface area (Å²) in [5.74, 6) is 1.73. The molecule has 23 heavy (non-hydrogen) atoms. The lowest BCUT2D eigenvalue weighted by atomic mass is 9.93. The van der Waals surface area contributed by atoms with Crippen LogP contribution in [0.15, 0.2) is 22.9 Å². The Morgan fingerprint density at radius 1 is 1.43 bits per heavy atom. The van der Waals surface area contributed by atoms with E-state index in [4.69, 9.17) is 4.52 Å². The number of aromatic nitrogens is 3. The van der Waals surface area contributed by atoms with E-state index in [2.05, 4.69) is 26.5 Å². The second-order valence-corrected chi connectivity index (χ2v) is 6.12. The Hall–Kier alpha value is -2.15. The minimum absolute atomic E-state index is 0.0212. The Kier molecular flexibility index (Phi) is 4.76. The fraction of sp³-hybridized carbons (Fsp3) is 0.562. The van der Waals surface area contributed by atoms with Gasteiger partial charge in [0.15, 0.2) is 5.82 Å². The first-order valence-corrected chi connectivity index (χ1v) is 8.05. The second kappa shape index (κ2) is 6.95. The molecule has 2 aromatic heterocycles. The highest BCUT2D eigenvalue weighted by Gasteiger charge is 2.22. The van der Waals surface area contributed by atoms with E-state index in [9.17, 15) is 4.79 Å². The zero-order valence-corrected chi connectivity index (χ0v) is 13.7. The number of carbonyl (C=O) groups excluding carboxylic acids is 1. The van der Waals surface area contributed by atoms with Crippen molar-refractivity contribution in [2.45, 2.75) is 32.1 Å². The molecule has 1 aliphatic rings. The minimum Gasteiger partial charge on any atom is -0.360 e. The van der Waals surface area contributed by atoms with E-state index in [1.54, 1.807) is 13.0 Å². The van der Waals surface area contributed by atoms with Crippen molar-refractivity contribution in [3.05, 3.63) is 29.8 Å². The zero-order valence-electron chi connectivity index (χ0n) is 13.7. The fourth-order valence-electron chi connectivity index (χ4n) is 3.13. The Balaban J connectivity index is 1.40.